The molecule has 1 fully saturated rings. The molecule has 1 aromatic carbocycles. The van der Waals surface area contributed by atoms with E-state index in [0.717, 1.165) is 60.9 Å². The molecule has 1 aliphatic heterocycles. The van der Waals surface area contributed by atoms with Crippen LogP contribution in [0.4, 0.5) is 11.6 Å². The van der Waals surface area contributed by atoms with Gasteiger partial charge in [-0.25, -0.2) is 9.97 Å². The van der Waals surface area contributed by atoms with Gasteiger partial charge in [0.05, 0.1) is 5.69 Å². The third kappa shape index (κ3) is 5.04. The predicted octanol–water partition coefficient (Wildman–Crippen LogP) is 3.55. The van der Waals surface area contributed by atoms with Gasteiger partial charge in [0.15, 0.2) is 0 Å². The van der Waals surface area contributed by atoms with Crippen molar-refractivity contribution in [3.8, 4) is 22.5 Å². The number of nitrogens with one attached hydrogen (secondary N) is 1. The van der Waals surface area contributed by atoms with E-state index >= 15 is 0 Å². The quantitative estimate of drug-likeness (QED) is 0.463. The van der Waals surface area contributed by atoms with Crippen molar-refractivity contribution in [2.75, 3.05) is 38.5 Å². The molecule has 3 aromatic heterocycles. The molecule has 0 aliphatic carbocycles. The van der Waals surface area contributed by atoms with Crippen molar-refractivity contribution >= 4 is 17.5 Å². The molecule has 9 nitrogen and oxygen atoms in total. The molecule has 5 rings (SSSR count). The summed E-state index contributed by atoms with van der Waals surface area (Å²) >= 11 is 0. The van der Waals surface area contributed by atoms with Gasteiger partial charge >= 0.3 is 0 Å². The number of benzene rings is 1. The Morgan fingerprint density at radius 1 is 1.03 bits per heavy atom. The number of hydrogen-bond donors (Lipinski definition) is 1. The fourth-order valence-corrected chi connectivity index (χ4v) is 4.07. The number of likely N-dealkylation sites (N-methyl/N-ethyl adjacent to an activating group) is 1. The molecule has 35 heavy (non-hydrogen) atoms. The summed E-state index contributed by atoms with van der Waals surface area (Å²) in [6, 6.07) is 13.2. The van der Waals surface area contributed by atoms with Crippen LogP contribution in [0.5, 0.6) is 0 Å². The number of nitrogens with zero attached hydrogens (tertiary/aromatic N) is 7. The van der Waals surface area contributed by atoms with E-state index in [4.69, 9.17) is 10.1 Å². The summed E-state index contributed by atoms with van der Waals surface area (Å²) in [4.78, 5) is 30.3. The van der Waals surface area contributed by atoms with Gasteiger partial charge in [-0.05, 0) is 56.4 Å². The van der Waals surface area contributed by atoms with Crippen LogP contribution in [0.1, 0.15) is 17.3 Å². The summed E-state index contributed by atoms with van der Waals surface area (Å²) in [6.45, 7) is 6.12. The van der Waals surface area contributed by atoms with Crippen LogP contribution in [0.15, 0.2) is 67.3 Å². The van der Waals surface area contributed by atoms with Crippen molar-refractivity contribution in [1.29, 1.82) is 0 Å². The first-order chi connectivity index (χ1) is 17.1. The molecular weight excluding hydrogens is 440 g/mol. The van der Waals surface area contributed by atoms with Crippen LogP contribution in [-0.4, -0.2) is 73.7 Å². The molecule has 4 heterocycles. The number of amides is 1. The van der Waals surface area contributed by atoms with Gasteiger partial charge in [-0.3, -0.25) is 14.5 Å². The average molecular weight is 469 g/mol. The summed E-state index contributed by atoms with van der Waals surface area (Å²) < 4.78 is 1.89. The topological polar surface area (TPSA) is 92.1 Å². The number of carbonyl (C=O) groups is 1. The van der Waals surface area contributed by atoms with Crippen molar-refractivity contribution in [3.05, 3.63) is 72.8 Å². The van der Waals surface area contributed by atoms with E-state index in [1.54, 1.807) is 18.6 Å². The lowest BCUT2D eigenvalue weighted by molar-refractivity contribution is 0.0664. The van der Waals surface area contributed by atoms with Crippen LogP contribution in [0.25, 0.3) is 22.5 Å². The third-order valence-corrected chi connectivity index (χ3v) is 6.13. The van der Waals surface area contributed by atoms with Crippen molar-refractivity contribution in [3.63, 3.8) is 0 Å². The minimum Gasteiger partial charge on any atom is -0.336 e. The number of carbonyl (C=O) groups excluding carboxylic acids is 1. The maximum absolute atomic E-state index is 12.8. The van der Waals surface area contributed by atoms with E-state index < -0.39 is 0 Å². The summed E-state index contributed by atoms with van der Waals surface area (Å²) in [5.74, 6) is 0.542. The van der Waals surface area contributed by atoms with Gasteiger partial charge in [0.1, 0.15) is 5.69 Å². The summed E-state index contributed by atoms with van der Waals surface area (Å²) in [7, 11) is 2.08. The van der Waals surface area contributed by atoms with Crippen molar-refractivity contribution in [2.45, 2.75) is 13.5 Å². The number of pyridine rings is 1. The van der Waals surface area contributed by atoms with Crippen LogP contribution < -0.4 is 5.32 Å². The predicted molar refractivity (Wildman–Crippen MR) is 135 cm³/mol. The van der Waals surface area contributed by atoms with Gasteiger partial charge in [-0.15, -0.1) is 0 Å². The first-order valence-electron chi connectivity index (χ1n) is 11.8. The molecule has 0 saturated carbocycles. The number of rotatable bonds is 6. The van der Waals surface area contributed by atoms with E-state index in [0.29, 0.717) is 11.5 Å². The monoisotopic (exact) mass is 468 g/mol. The Hall–Kier alpha value is -4.11. The van der Waals surface area contributed by atoms with Gasteiger partial charge < -0.3 is 15.1 Å². The highest BCUT2D eigenvalue weighted by Gasteiger charge is 2.20. The number of anilines is 2. The fraction of sp³-hybridized carbons (Fsp3) is 0.269. The SMILES string of the molecule is CCn1cc(-c2ccnc(Nc3ccc(C(=O)N4CCN(C)CC4)cc3)n2)c(-c2cccnc2)n1. The molecule has 1 saturated heterocycles. The minimum atomic E-state index is 0.0683. The second-order valence-electron chi connectivity index (χ2n) is 8.55. The molecule has 1 amide bonds. The van der Waals surface area contributed by atoms with Crippen LogP contribution in [0, 0.1) is 0 Å². The zero-order chi connectivity index (χ0) is 24.2. The Morgan fingerprint density at radius 3 is 2.54 bits per heavy atom. The Balaban J connectivity index is 1.34. The highest BCUT2D eigenvalue weighted by Crippen LogP contribution is 2.30. The maximum atomic E-state index is 12.8. The molecule has 9 heteroatoms. The Bertz CT molecular complexity index is 1290. The van der Waals surface area contributed by atoms with Crippen molar-refractivity contribution < 1.29 is 4.79 Å². The molecule has 4 aromatic rings. The largest absolute Gasteiger partial charge is 0.336 e. The Morgan fingerprint density at radius 2 is 1.83 bits per heavy atom. The Labute approximate surface area is 204 Å². The average Bonchev–Trinajstić information content (AvgIpc) is 3.35. The number of aromatic nitrogens is 5. The van der Waals surface area contributed by atoms with Gasteiger partial charge in [0, 0.05) is 79.9 Å². The van der Waals surface area contributed by atoms with Gasteiger partial charge in [-0.1, -0.05) is 0 Å². The first-order valence-corrected chi connectivity index (χ1v) is 11.8. The Kier molecular flexibility index (Phi) is 6.49. The van der Waals surface area contributed by atoms with E-state index in [1.807, 2.05) is 58.2 Å². The van der Waals surface area contributed by atoms with Crippen LogP contribution in [-0.2, 0) is 6.54 Å². The summed E-state index contributed by atoms with van der Waals surface area (Å²) in [5.41, 5.74) is 4.94. The number of piperazine rings is 1. The van der Waals surface area contributed by atoms with Gasteiger partial charge in [0.2, 0.25) is 5.95 Å². The lowest BCUT2D eigenvalue weighted by atomic mass is 10.1. The van der Waals surface area contributed by atoms with Crippen LogP contribution in [0.2, 0.25) is 0 Å². The zero-order valence-electron chi connectivity index (χ0n) is 19.9. The molecule has 0 spiro atoms. The normalized spacial score (nSPS) is 14.2. The molecule has 0 radical (unpaired) electrons. The molecule has 1 N–H and O–H groups in total. The minimum absolute atomic E-state index is 0.0683. The number of hydrogen-bond acceptors (Lipinski definition) is 7. The molecule has 0 bridgehead atoms. The fourth-order valence-electron chi connectivity index (χ4n) is 4.07. The second-order valence-corrected chi connectivity index (χ2v) is 8.55. The number of aryl methyl sites for hydroxylation is 1. The van der Waals surface area contributed by atoms with Crippen LogP contribution >= 0.6 is 0 Å². The molecule has 1 aliphatic rings. The maximum Gasteiger partial charge on any atom is 0.253 e. The standard InChI is InChI=1S/C26H28N8O/c1-3-34-18-22(24(31-34)20-5-4-11-27-17-20)23-10-12-28-26(30-23)29-21-8-6-19(7-9-21)25(35)33-15-13-32(2)14-16-33/h4-12,17-18H,3,13-16H2,1-2H3,(H,28,29,30). The lowest BCUT2D eigenvalue weighted by Gasteiger charge is -2.32. The summed E-state index contributed by atoms with van der Waals surface area (Å²) in [5, 5.41) is 7.97. The van der Waals surface area contributed by atoms with E-state index in [-0.39, 0.29) is 5.91 Å². The van der Waals surface area contributed by atoms with Gasteiger partial charge in [-0.2, -0.15) is 5.10 Å². The van der Waals surface area contributed by atoms with E-state index in [2.05, 4.69) is 34.2 Å². The molecule has 178 valence electrons. The van der Waals surface area contributed by atoms with Crippen LogP contribution in [0.3, 0.4) is 0 Å². The first kappa shape index (κ1) is 22.7. The second kappa shape index (κ2) is 10.0. The highest BCUT2D eigenvalue weighted by molar-refractivity contribution is 5.94. The summed E-state index contributed by atoms with van der Waals surface area (Å²) in [6.07, 6.45) is 7.27. The molecular formula is C26H28N8O. The van der Waals surface area contributed by atoms with E-state index in [9.17, 15) is 4.79 Å². The third-order valence-electron chi connectivity index (χ3n) is 6.13. The van der Waals surface area contributed by atoms with Crippen molar-refractivity contribution in [2.24, 2.45) is 0 Å². The van der Waals surface area contributed by atoms with Crippen molar-refractivity contribution in [1.82, 2.24) is 34.5 Å². The van der Waals surface area contributed by atoms with E-state index in [1.165, 1.54) is 0 Å². The zero-order valence-corrected chi connectivity index (χ0v) is 19.9. The highest BCUT2D eigenvalue weighted by atomic mass is 16.2. The lowest BCUT2D eigenvalue weighted by Crippen LogP contribution is -2.47. The molecule has 0 unspecified atom stereocenters. The molecule has 0 atom stereocenters. The smallest absolute Gasteiger partial charge is 0.253 e. The van der Waals surface area contributed by atoms with Gasteiger partial charge in [0.25, 0.3) is 5.91 Å².